The predicted octanol–water partition coefficient (Wildman–Crippen LogP) is 2.40. The van der Waals surface area contributed by atoms with E-state index in [2.05, 4.69) is 34.2 Å². The summed E-state index contributed by atoms with van der Waals surface area (Å²) in [4.78, 5) is 21.5. The molecular formula is C20H21N5O. The Labute approximate surface area is 152 Å². The van der Waals surface area contributed by atoms with Crippen molar-refractivity contribution in [2.75, 3.05) is 26.7 Å². The molecule has 0 aliphatic carbocycles. The molecule has 0 bridgehead atoms. The second-order valence-electron chi connectivity index (χ2n) is 6.51. The number of piperazine rings is 1. The van der Waals surface area contributed by atoms with Crippen molar-refractivity contribution in [3.05, 3.63) is 78.2 Å². The van der Waals surface area contributed by atoms with Crippen molar-refractivity contribution >= 4 is 5.91 Å². The molecule has 1 atom stereocenters. The summed E-state index contributed by atoms with van der Waals surface area (Å²) in [6.45, 7) is 2.25. The Morgan fingerprint density at radius 1 is 1.08 bits per heavy atom. The molecule has 1 fully saturated rings. The van der Waals surface area contributed by atoms with Crippen LogP contribution in [0.1, 0.15) is 22.0 Å². The van der Waals surface area contributed by atoms with Crippen LogP contribution in [0.3, 0.4) is 0 Å². The van der Waals surface area contributed by atoms with Gasteiger partial charge in [-0.05, 0) is 30.8 Å². The molecule has 6 heteroatoms. The molecule has 0 radical (unpaired) electrons. The second kappa shape index (κ2) is 7.09. The molecule has 3 heterocycles. The molecule has 0 N–H and O–H groups in total. The molecule has 4 rings (SSSR count). The molecule has 0 saturated carbocycles. The van der Waals surface area contributed by atoms with E-state index in [0.29, 0.717) is 17.9 Å². The average molecular weight is 347 g/mol. The van der Waals surface area contributed by atoms with Gasteiger partial charge in [-0.1, -0.05) is 30.3 Å². The summed E-state index contributed by atoms with van der Waals surface area (Å²) in [6, 6.07) is 16.0. The van der Waals surface area contributed by atoms with E-state index < -0.39 is 0 Å². The van der Waals surface area contributed by atoms with Gasteiger partial charge in [0, 0.05) is 38.2 Å². The summed E-state index contributed by atoms with van der Waals surface area (Å²) < 4.78 is 1.68. The molecule has 132 valence electrons. The molecule has 1 aliphatic rings. The van der Waals surface area contributed by atoms with Crippen LogP contribution in [0.2, 0.25) is 0 Å². The fourth-order valence-electron chi connectivity index (χ4n) is 3.33. The molecule has 3 aromatic rings. The quantitative estimate of drug-likeness (QED) is 0.730. The molecule has 0 unspecified atom stereocenters. The Balaban J connectivity index is 1.51. The van der Waals surface area contributed by atoms with Crippen LogP contribution in [0.4, 0.5) is 0 Å². The first-order valence-corrected chi connectivity index (χ1v) is 8.73. The molecule has 2 aromatic heterocycles. The van der Waals surface area contributed by atoms with Gasteiger partial charge in [-0.15, -0.1) is 0 Å². The van der Waals surface area contributed by atoms with Gasteiger partial charge in [0.1, 0.15) is 0 Å². The van der Waals surface area contributed by atoms with E-state index in [4.69, 9.17) is 0 Å². The normalized spacial score (nSPS) is 18.0. The molecule has 1 aliphatic heterocycles. The minimum absolute atomic E-state index is 0.0264. The van der Waals surface area contributed by atoms with Crippen LogP contribution in [0.5, 0.6) is 0 Å². The molecule has 26 heavy (non-hydrogen) atoms. The summed E-state index contributed by atoms with van der Waals surface area (Å²) in [5.41, 5.74) is 1.84. The lowest BCUT2D eigenvalue weighted by Gasteiger charge is -2.39. The Morgan fingerprint density at radius 2 is 1.92 bits per heavy atom. The van der Waals surface area contributed by atoms with Crippen molar-refractivity contribution in [3.8, 4) is 5.82 Å². The van der Waals surface area contributed by atoms with Crippen molar-refractivity contribution in [1.29, 1.82) is 0 Å². The lowest BCUT2D eigenvalue weighted by molar-refractivity contribution is 0.0546. The number of benzene rings is 1. The standard InChI is InChI=1S/C20H21N5O/c1-23-12-13-24(15-18(23)16-6-3-2-4-7-16)20(26)17-8-9-19(21-14-17)25-11-5-10-22-25/h2-11,14,18H,12-13,15H2,1H3/t18-/m1/s1. The summed E-state index contributed by atoms with van der Waals surface area (Å²) in [5.74, 6) is 0.727. The number of likely N-dealkylation sites (N-methyl/N-ethyl adjacent to an activating group) is 1. The Bertz CT molecular complexity index is 861. The fourth-order valence-corrected chi connectivity index (χ4v) is 3.33. The zero-order chi connectivity index (χ0) is 17.9. The van der Waals surface area contributed by atoms with Gasteiger partial charge in [0.2, 0.25) is 0 Å². The molecule has 0 spiro atoms. The van der Waals surface area contributed by atoms with Crippen molar-refractivity contribution in [1.82, 2.24) is 24.6 Å². The maximum Gasteiger partial charge on any atom is 0.255 e. The minimum atomic E-state index is 0.0264. The average Bonchev–Trinajstić information content (AvgIpc) is 3.23. The number of pyridine rings is 1. The zero-order valence-electron chi connectivity index (χ0n) is 14.7. The summed E-state index contributed by atoms with van der Waals surface area (Å²) in [5, 5.41) is 4.16. The molecule has 1 aromatic carbocycles. The van der Waals surface area contributed by atoms with Gasteiger partial charge in [-0.3, -0.25) is 9.69 Å². The second-order valence-corrected chi connectivity index (χ2v) is 6.51. The number of rotatable bonds is 3. The number of carbonyl (C=O) groups is 1. The highest BCUT2D eigenvalue weighted by Crippen LogP contribution is 2.24. The fraction of sp³-hybridized carbons (Fsp3) is 0.250. The van der Waals surface area contributed by atoms with Crippen molar-refractivity contribution in [2.45, 2.75) is 6.04 Å². The van der Waals surface area contributed by atoms with Gasteiger partial charge < -0.3 is 4.90 Å². The minimum Gasteiger partial charge on any atom is -0.335 e. The topological polar surface area (TPSA) is 54.3 Å². The Morgan fingerprint density at radius 3 is 2.62 bits per heavy atom. The summed E-state index contributed by atoms with van der Waals surface area (Å²) in [6.07, 6.45) is 5.17. The van der Waals surface area contributed by atoms with Gasteiger partial charge in [0.05, 0.1) is 11.6 Å². The van der Waals surface area contributed by atoms with Gasteiger partial charge in [0.25, 0.3) is 5.91 Å². The highest BCUT2D eigenvalue weighted by Gasteiger charge is 2.28. The Kier molecular flexibility index (Phi) is 4.50. The first kappa shape index (κ1) is 16.5. The monoisotopic (exact) mass is 347 g/mol. The van der Waals surface area contributed by atoms with Gasteiger partial charge in [-0.2, -0.15) is 5.10 Å². The smallest absolute Gasteiger partial charge is 0.255 e. The number of carbonyl (C=O) groups excluding carboxylic acids is 1. The van der Waals surface area contributed by atoms with E-state index in [-0.39, 0.29) is 11.9 Å². The predicted molar refractivity (Wildman–Crippen MR) is 99.1 cm³/mol. The Hall–Kier alpha value is -2.99. The van der Waals surface area contributed by atoms with Crippen molar-refractivity contribution in [2.24, 2.45) is 0 Å². The van der Waals surface area contributed by atoms with Crippen LogP contribution < -0.4 is 0 Å². The number of hydrogen-bond acceptors (Lipinski definition) is 4. The van der Waals surface area contributed by atoms with Crippen LogP contribution in [0.25, 0.3) is 5.82 Å². The number of amides is 1. The first-order chi connectivity index (χ1) is 12.7. The zero-order valence-corrected chi connectivity index (χ0v) is 14.7. The van der Waals surface area contributed by atoms with E-state index in [1.165, 1.54) is 5.56 Å². The molecular weight excluding hydrogens is 326 g/mol. The maximum absolute atomic E-state index is 12.9. The largest absolute Gasteiger partial charge is 0.335 e. The van der Waals surface area contributed by atoms with E-state index in [0.717, 1.165) is 13.1 Å². The highest BCUT2D eigenvalue weighted by atomic mass is 16.2. The molecule has 1 amide bonds. The summed E-state index contributed by atoms with van der Waals surface area (Å²) in [7, 11) is 2.11. The lowest BCUT2D eigenvalue weighted by atomic mass is 10.0. The lowest BCUT2D eigenvalue weighted by Crippen LogP contribution is -2.49. The third kappa shape index (κ3) is 3.23. The van der Waals surface area contributed by atoms with Crippen LogP contribution in [0, 0.1) is 0 Å². The highest BCUT2D eigenvalue weighted by molar-refractivity contribution is 5.94. The SMILES string of the molecule is CN1CCN(C(=O)c2ccc(-n3cccn3)nc2)C[C@@H]1c1ccccc1. The number of hydrogen-bond donors (Lipinski definition) is 0. The van der Waals surface area contributed by atoms with Crippen LogP contribution in [-0.2, 0) is 0 Å². The van der Waals surface area contributed by atoms with Crippen LogP contribution in [0.15, 0.2) is 67.1 Å². The van der Waals surface area contributed by atoms with Gasteiger partial charge in [0.15, 0.2) is 5.82 Å². The van der Waals surface area contributed by atoms with E-state index in [9.17, 15) is 4.79 Å². The third-order valence-corrected chi connectivity index (χ3v) is 4.85. The number of nitrogens with zero attached hydrogens (tertiary/aromatic N) is 5. The maximum atomic E-state index is 12.9. The van der Waals surface area contributed by atoms with Gasteiger partial charge >= 0.3 is 0 Å². The molecule has 6 nitrogen and oxygen atoms in total. The van der Waals surface area contributed by atoms with Crippen molar-refractivity contribution in [3.63, 3.8) is 0 Å². The van der Waals surface area contributed by atoms with Crippen molar-refractivity contribution < 1.29 is 4.79 Å². The van der Waals surface area contributed by atoms with E-state index >= 15 is 0 Å². The molecule has 1 saturated heterocycles. The van der Waals surface area contributed by atoms with E-state index in [1.807, 2.05) is 47.5 Å². The third-order valence-electron chi connectivity index (χ3n) is 4.85. The van der Waals surface area contributed by atoms with Crippen LogP contribution >= 0.6 is 0 Å². The van der Waals surface area contributed by atoms with Gasteiger partial charge in [-0.25, -0.2) is 9.67 Å². The number of aromatic nitrogens is 3. The van der Waals surface area contributed by atoms with E-state index in [1.54, 1.807) is 17.1 Å². The summed E-state index contributed by atoms with van der Waals surface area (Å²) >= 11 is 0. The van der Waals surface area contributed by atoms with Crippen LogP contribution in [-0.4, -0.2) is 57.2 Å². The first-order valence-electron chi connectivity index (χ1n) is 8.73.